The number of methoxy groups -OCH3 is 1. The van der Waals surface area contributed by atoms with Gasteiger partial charge in [0.2, 0.25) is 11.8 Å². The van der Waals surface area contributed by atoms with E-state index in [0.29, 0.717) is 11.5 Å². The molecule has 162 valence electrons. The molecule has 5 rings (SSSR count). The number of allylic oxidation sites excluding steroid dienone is 1. The fourth-order valence-corrected chi connectivity index (χ4v) is 4.49. The lowest BCUT2D eigenvalue weighted by molar-refractivity contribution is 0.210. The standard InChI is InChI=1S/C25H24N4O3/c1-30-17-10-8-16(9-11-17)23-22-21(20(14-26)24(27)32-25(22)29-28-23)15-6-12-19(13-7-15)31-18-4-2-3-5-18/h6-13,18,21H,2-5,27H2,1H3,(H,28,29). The second kappa shape index (κ2) is 8.31. The smallest absolute Gasteiger partial charge is 0.244 e. The van der Waals surface area contributed by atoms with E-state index in [9.17, 15) is 5.26 Å². The van der Waals surface area contributed by atoms with Crippen LogP contribution in [0.5, 0.6) is 17.4 Å². The van der Waals surface area contributed by atoms with Gasteiger partial charge in [-0.1, -0.05) is 12.1 Å². The van der Waals surface area contributed by atoms with Crippen molar-refractivity contribution in [3.63, 3.8) is 0 Å². The Kier molecular flexibility index (Phi) is 5.20. The number of H-pyrrole nitrogens is 1. The first-order chi connectivity index (χ1) is 15.7. The lowest BCUT2D eigenvalue weighted by Gasteiger charge is -2.24. The monoisotopic (exact) mass is 428 g/mol. The summed E-state index contributed by atoms with van der Waals surface area (Å²) in [4.78, 5) is 0. The molecule has 32 heavy (non-hydrogen) atoms. The molecule has 7 heteroatoms. The highest BCUT2D eigenvalue weighted by molar-refractivity contribution is 5.71. The highest BCUT2D eigenvalue weighted by Crippen LogP contribution is 2.46. The number of aromatic amines is 1. The quantitative estimate of drug-likeness (QED) is 0.614. The Bertz CT molecular complexity index is 1180. The molecule has 1 saturated carbocycles. The number of nitriles is 1. The third kappa shape index (κ3) is 3.54. The molecule has 1 atom stereocenters. The van der Waals surface area contributed by atoms with Crippen LogP contribution in [0.25, 0.3) is 11.3 Å². The second-order valence-corrected chi connectivity index (χ2v) is 8.06. The number of hydrogen-bond acceptors (Lipinski definition) is 6. The number of rotatable bonds is 5. The summed E-state index contributed by atoms with van der Waals surface area (Å²) in [5, 5.41) is 17.3. The van der Waals surface area contributed by atoms with Crippen molar-refractivity contribution in [3.8, 4) is 34.7 Å². The van der Waals surface area contributed by atoms with E-state index in [0.717, 1.165) is 46.7 Å². The first-order valence-corrected chi connectivity index (χ1v) is 10.7. The van der Waals surface area contributed by atoms with E-state index in [1.807, 2.05) is 48.5 Å². The van der Waals surface area contributed by atoms with Crippen molar-refractivity contribution < 1.29 is 14.2 Å². The first kappa shape index (κ1) is 20.0. The molecule has 2 aromatic carbocycles. The van der Waals surface area contributed by atoms with Crippen LogP contribution in [-0.2, 0) is 0 Å². The number of fused-ring (bicyclic) bond motifs is 1. The minimum absolute atomic E-state index is 0.0732. The summed E-state index contributed by atoms with van der Waals surface area (Å²) in [5.41, 5.74) is 9.85. The Balaban J connectivity index is 1.54. The van der Waals surface area contributed by atoms with Gasteiger partial charge < -0.3 is 19.9 Å². The summed E-state index contributed by atoms with van der Waals surface area (Å²) in [6.07, 6.45) is 4.93. The molecule has 1 aliphatic heterocycles. The summed E-state index contributed by atoms with van der Waals surface area (Å²) >= 11 is 0. The molecule has 2 heterocycles. The summed E-state index contributed by atoms with van der Waals surface area (Å²) < 4.78 is 17.1. The summed E-state index contributed by atoms with van der Waals surface area (Å²) in [6.45, 7) is 0. The molecule has 3 aromatic rings. The van der Waals surface area contributed by atoms with E-state index in [1.165, 1.54) is 12.8 Å². The number of nitrogens with two attached hydrogens (primary N) is 1. The van der Waals surface area contributed by atoms with Crippen molar-refractivity contribution in [2.75, 3.05) is 7.11 Å². The minimum Gasteiger partial charge on any atom is -0.497 e. The molecular formula is C25H24N4O3. The predicted octanol–water partition coefficient (Wildman–Crippen LogP) is 4.62. The SMILES string of the molecule is COc1ccc(-c2[nH]nc3c2C(c2ccc(OC4CCCC4)cc2)C(C#N)=C(N)O3)cc1. The van der Waals surface area contributed by atoms with Crippen LogP contribution in [0.4, 0.5) is 0 Å². The van der Waals surface area contributed by atoms with Gasteiger partial charge in [0.1, 0.15) is 23.1 Å². The van der Waals surface area contributed by atoms with Gasteiger partial charge in [-0.25, -0.2) is 0 Å². The Morgan fingerprint density at radius 1 is 1.06 bits per heavy atom. The lowest BCUT2D eigenvalue weighted by Crippen LogP contribution is -2.21. The van der Waals surface area contributed by atoms with E-state index < -0.39 is 5.92 Å². The van der Waals surface area contributed by atoms with Crippen LogP contribution >= 0.6 is 0 Å². The maximum atomic E-state index is 9.89. The van der Waals surface area contributed by atoms with Crippen molar-refractivity contribution in [1.82, 2.24) is 10.2 Å². The molecule has 0 radical (unpaired) electrons. The van der Waals surface area contributed by atoms with Gasteiger partial charge in [-0.15, -0.1) is 5.10 Å². The normalized spacial score (nSPS) is 18.1. The molecule has 7 nitrogen and oxygen atoms in total. The van der Waals surface area contributed by atoms with Crippen molar-refractivity contribution >= 4 is 0 Å². The number of aromatic nitrogens is 2. The van der Waals surface area contributed by atoms with Gasteiger partial charge >= 0.3 is 0 Å². The molecule has 1 unspecified atom stereocenters. The molecule has 1 fully saturated rings. The van der Waals surface area contributed by atoms with E-state index in [-0.39, 0.29) is 12.0 Å². The molecular weight excluding hydrogens is 404 g/mol. The lowest BCUT2D eigenvalue weighted by atomic mass is 9.83. The van der Waals surface area contributed by atoms with E-state index in [2.05, 4.69) is 16.3 Å². The van der Waals surface area contributed by atoms with Crippen LogP contribution in [-0.4, -0.2) is 23.4 Å². The van der Waals surface area contributed by atoms with Crippen molar-refractivity contribution in [1.29, 1.82) is 5.26 Å². The van der Waals surface area contributed by atoms with Gasteiger partial charge in [0.15, 0.2) is 0 Å². The highest BCUT2D eigenvalue weighted by atomic mass is 16.5. The first-order valence-electron chi connectivity index (χ1n) is 10.7. The second-order valence-electron chi connectivity index (χ2n) is 8.06. The summed E-state index contributed by atoms with van der Waals surface area (Å²) in [5.74, 6) is 1.65. The Labute approximate surface area is 186 Å². The molecule has 1 aromatic heterocycles. The van der Waals surface area contributed by atoms with Crippen LogP contribution in [0, 0.1) is 11.3 Å². The number of benzene rings is 2. The van der Waals surface area contributed by atoms with Crippen LogP contribution in [0.15, 0.2) is 60.0 Å². The van der Waals surface area contributed by atoms with Crippen molar-refractivity contribution in [2.24, 2.45) is 5.73 Å². The number of hydrogen-bond donors (Lipinski definition) is 2. The van der Waals surface area contributed by atoms with Crippen molar-refractivity contribution in [2.45, 2.75) is 37.7 Å². The van der Waals surface area contributed by atoms with Gasteiger partial charge in [0.05, 0.1) is 30.4 Å². The number of ether oxygens (including phenoxy) is 3. The highest BCUT2D eigenvalue weighted by Gasteiger charge is 2.35. The molecule has 0 amide bonds. The van der Waals surface area contributed by atoms with Crippen LogP contribution < -0.4 is 19.9 Å². The third-order valence-corrected chi connectivity index (χ3v) is 6.14. The molecule has 0 spiro atoms. The maximum absolute atomic E-state index is 9.89. The van der Waals surface area contributed by atoms with Crippen LogP contribution in [0.1, 0.15) is 42.7 Å². The summed E-state index contributed by atoms with van der Waals surface area (Å²) in [6, 6.07) is 17.8. The van der Waals surface area contributed by atoms with Gasteiger partial charge in [-0.05, 0) is 67.6 Å². The van der Waals surface area contributed by atoms with Gasteiger partial charge in [0.25, 0.3) is 0 Å². The fourth-order valence-electron chi connectivity index (χ4n) is 4.49. The number of nitrogens with zero attached hydrogens (tertiary/aromatic N) is 2. The average Bonchev–Trinajstić information content (AvgIpc) is 3.49. The minimum atomic E-state index is -0.403. The topological polar surface area (TPSA) is 106 Å². The Morgan fingerprint density at radius 3 is 2.41 bits per heavy atom. The molecule has 0 bridgehead atoms. The zero-order chi connectivity index (χ0) is 22.1. The molecule has 3 N–H and O–H groups in total. The molecule has 1 aliphatic carbocycles. The summed E-state index contributed by atoms with van der Waals surface area (Å²) in [7, 11) is 1.63. The fraction of sp³-hybridized carbons (Fsp3) is 0.280. The molecule has 2 aliphatic rings. The zero-order valence-corrected chi connectivity index (χ0v) is 17.8. The van der Waals surface area contributed by atoms with E-state index in [4.69, 9.17) is 19.9 Å². The van der Waals surface area contributed by atoms with E-state index in [1.54, 1.807) is 7.11 Å². The number of nitrogens with one attached hydrogen (secondary N) is 1. The van der Waals surface area contributed by atoms with E-state index >= 15 is 0 Å². The maximum Gasteiger partial charge on any atom is 0.244 e. The van der Waals surface area contributed by atoms with Gasteiger partial charge in [-0.3, -0.25) is 5.10 Å². The van der Waals surface area contributed by atoms with Crippen molar-refractivity contribution in [3.05, 3.63) is 71.1 Å². The Morgan fingerprint density at radius 2 is 1.75 bits per heavy atom. The average molecular weight is 428 g/mol. The van der Waals surface area contributed by atoms with Gasteiger partial charge in [-0.2, -0.15) is 5.26 Å². The Hall–Kier alpha value is -3.92. The molecule has 0 saturated heterocycles. The third-order valence-electron chi connectivity index (χ3n) is 6.14. The zero-order valence-electron chi connectivity index (χ0n) is 17.8. The van der Waals surface area contributed by atoms with Crippen LogP contribution in [0.3, 0.4) is 0 Å². The van der Waals surface area contributed by atoms with Gasteiger partial charge in [0, 0.05) is 5.56 Å². The predicted molar refractivity (Wildman–Crippen MR) is 119 cm³/mol. The largest absolute Gasteiger partial charge is 0.497 e. The van der Waals surface area contributed by atoms with Crippen LogP contribution in [0.2, 0.25) is 0 Å².